The van der Waals surface area contributed by atoms with E-state index in [2.05, 4.69) is 27.7 Å². The molecule has 0 aliphatic heterocycles. The number of aliphatic hydroxyl groups excluding tert-OH is 3. The highest BCUT2D eigenvalue weighted by atomic mass is 16.5. The molecular formula is C25H48O5. The van der Waals surface area contributed by atoms with Gasteiger partial charge in [0, 0.05) is 6.08 Å². The first kappa shape index (κ1) is 29.1. The van der Waals surface area contributed by atoms with Crippen molar-refractivity contribution >= 4 is 5.97 Å². The maximum absolute atomic E-state index is 11.9. The Balaban J connectivity index is 4.00. The third-order valence-corrected chi connectivity index (χ3v) is 6.03. The molecular weight excluding hydrogens is 380 g/mol. The van der Waals surface area contributed by atoms with Crippen molar-refractivity contribution in [3.63, 3.8) is 0 Å². The Morgan fingerprint density at radius 3 is 1.77 bits per heavy atom. The molecule has 0 rings (SSSR count). The molecule has 0 fully saturated rings. The number of carbonyl (C=O) groups excluding carboxylic acids is 1. The predicted molar refractivity (Wildman–Crippen MR) is 123 cm³/mol. The minimum Gasteiger partial charge on any atom is -0.462 e. The average Bonchev–Trinajstić information content (AvgIpc) is 2.69. The first-order valence-corrected chi connectivity index (χ1v) is 11.8. The molecule has 0 aliphatic rings. The Hall–Kier alpha value is -0.910. The molecule has 2 unspecified atom stereocenters. The normalized spacial score (nSPS) is 14.8. The van der Waals surface area contributed by atoms with E-state index in [-0.39, 0.29) is 6.61 Å². The molecule has 0 saturated heterocycles. The molecule has 0 aromatic heterocycles. The first-order chi connectivity index (χ1) is 14.2. The van der Waals surface area contributed by atoms with Crippen molar-refractivity contribution in [3.05, 3.63) is 11.6 Å². The highest BCUT2D eigenvalue weighted by Gasteiger charge is 2.29. The van der Waals surface area contributed by atoms with Crippen molar-refractivity contribution in [2.24, 2.45) is 23.2 Å². The average molecular weight is 429 g/mol. The van der Waals surface area contributed by atoms with Gasteiger partial charge < -0.3 is 20.1 Å². The smallest absolute Gasteiger partial charge is 0.330 e. The van der Waals surface area contributed by atoms with E-state index in [0.29, 0.717) is 5.92 Å². The molecule has 3 N–H and O–H groups in total. The highest BCUT2D eigenvalue weighted by Crippen LogP contribution is 2.22. The Bertz CT molecular complexity index is 460. The number of esters is 1. The summed E-state index contributed by atoms with van der Waals surface area (Å²) in [6.07, 6.45) is 12.5. The van der Waals surface area contributed by atoms with Gasteiger partial charge in [-0.25, -0.2) is 4.79 Å². The standard InChI is InChI=1S/C25H48O5/c1-20(2)9-6-10-21(3)11-7-12-22(4)13-8-14-23(5)15-24(29)30-19-25(16-26,17-27)18-28/h15,20-22,26-28H,6-14,16-19H2,1-5H3/b23-15+. The van der Waals surface area contributed by atoms with Gasteiger partial charge in [0.2, 0.25) is 0 Å². The van der Waals surface area contributed by atoms with Crippen LogP contribution in [0.1, 0.15) is 92.4 Å². The molecule has 0 bridgehead atoms. The van der Waals surface area contributed by atoms with Crippen molar-refractivity contribution in [1.82, 2.24) is 0 Å². The lowest BCUT2D eigenvalue weighted by Gasteiger charge is -2.26. The second-order valence-electron chi connectivity index (χ2n) is 9.93. The first-order valence-electron chi connectivity index (χ1n) is 11.8. The van der Waals surface area contributed by atoms with E-state index >= 15 is 0 Å². The van der Waals surface area contributed by atoms with Gasteiger partial charge in [-0.15, -0.1) is 0 Å². The predicted octanol–water partition coefficient (Wildman–Crippen LogP) is 4.88. The van der Waals surface area contributed by atoms with Crippen LogP contribution < -0.4 is 0 Å². The Labute approximate surface area is 184 Å². The summed E-state index contributed by atoms with van der Waals surface area (Å²) in [5.41, 5.74) is -0.216. The molecule has 178 valence electrons. The number of ether oxygens (including phenoxy) is 1. The van der Waals surface area contributed by atoms with Crippen LogP contribution in [0.15, 0.2) is 11.6 Å². The monoisotopic (exact) mass is 428 g/mol. The zero-order valence-electron chi connectivity index (χ0n) is 20.2. The van der Waals surface area contributed by atoms with Crippen molar-refractivity contribution in [1.29, 1.82) is 0 Å². The third kappa shape index (κ3) is 14.2. The highest BCUT2D eigenvalue weighted by molar-refractivity contribution is 5.82. The summed E-state index contributed by atoms with van der Waals surface area (Å²) in [4.78, 5) is 11.9. The number of rotatable bonds is 18. The largest absolute Gasteiger partial charge is 0.462 e. The van der Waals surface area contributed by atoms with Crippen molar-refractivity contribution in [3.8, 4) is 0 Å². The van der Waals surface area contributed by atoms with Crippen LogP contribution >= 0.6 is 0 Å². The van der Waals surface area contributed by atoms with E-state index < -0.39 is 31.2 Å². The van der Waals surface area contributed by atoms with E-state index in [1.807, 2.05) is 6.92 Å². The fourth-order valence-electron chi connectivity index (χ4n) is 3.53. The Morgan fingerprint density at radius 2 is 1.30 bits per heavy atom. The lowest BCUT2D eigenvalue weighted by Crippen LogP contribution is -2.39. The van der Waals surface area contributed by atoms with Crippen LogP contribution in [0.2, 0.25) is 0 Å². The Morgan fingerprint density at radius 1 is 0.833 bits per heavy atom. The number of hydrogen-bond acceptors (Lipinski definition) is 5. The van der Waals surface area contributed by atoms with E-state index in [1.165, 1.54) is 44.6 Å². The molecule has 5 nitrogen and oxygen atoms in total. The SMILES string of the molecule is C/C(=C\C(=O)OCC(CO)(CO)CO)CCCC(C)CCCC(C)CCCC(C)C. The molecule has 0 heterocycles. The molecule has 30 heavy (non-hydrogen) atoms. The van der Waals surface area contributed by atoms with E-state index in [1.54, 1.807) is 0 Å². The van der Waals surface area contributed by atoms with Gasteiger partial charge in [0.05, 0.1) is 25.2 Å². The van der Waals surface area contributed by atoms with Gasteiger partial charge in [-0.3, -0.25) is 0 Å². The summed E-state index contributed by atoms with van der Waals surface area (Å²) < 4.78 is 5.10. The van der Waals surface area contributed by atoms with Gasteiger partial charge in [0.15, 0.2) is 0 Å². The van der Waals surface area contributed by atoms with Gasteiger partial charge in [0.1, 0.15) is 6.61 Å². The topological polar surface area (TPSA) is 87.0 Å². The van der Waals surface area contributed by atoms with Crippen LogP contribution in [0.5, 0.6) is 0 Å². The maximum atomic E-state index is 11.9. The molecule has 0 saturated carbocycles. The molecule has 0 aromatic carbocycles. The van der Waals surface area contributed by atoms with E-state index in [9.17, 15) is 20.1 Å². The van der Waals surface area contributed by atoms with Gasteiger partial charge in [-0.05, 0) is 37.5 Å². The van der Waals surface area contributed by atoms with Gasteiger partial charge in [0.25, 0.3) is 0 Å². The van der Waals surface area contributed by atoms with Crippen LogP contribution in [-0.4, -0.2) is 47.7 Å². The van der Waals surface area contributed by atoms with Gasteiger partial charge >= 0.3 is 5.97 Å². The van der Waals surface area contributed by atoms with Crippen LogP contribution in [0.25, 0.3) is 0 Å². The summed E-state index contributed by atoms with van der Waals surface area (Å²) >= 11 is 0. The fourth-order valence-corrected chi connectivity index (χ4v) is 3.53. The summed E-state index contributed by atoms with van der Waals surface area (Å²) in [6, 6.07) is 0. The third-order valence-electron chi connectivity index (χ3n) is 6.03. The summed E-state index contributed by atoms with van der Waals surface area (Å²) in [5, 5.41) is 27.8. The molecule has 0 aliphatic carbocycles. The number of allylic oxidation sites excluding steroid dienone is 1. The van der Waals surface area contributed by atoms with Crippen molar-refractivity contribution < 1.29 is 24.9 Å². The number of aliphatic hydroxyl groups is 3. The molecule has 0 amide bonds. The number of carbonyl (C=O) groups is 1. The molecule has 0 spiro atoms. The quantitative estimate of drug-likeness (QED) is 0.214. The zero-order chi connectivity index (χ0) is 23.0. The zero-order valence-corrected chi connectivity index (χ0v) is 20.2. The van der Waals surface area contributed by atoms with Crippen molar-refractivity contribution in [2.75, 3.05) is 26.4 Å². The molecule has 2 atom stereocenters. The molecule has 0 radical (unpaired) electrons. The lowest BCUT2D eigenvalue weighted by molar-refractivity contribution is -0.145. The molecule has 0 aromatic rings. The lowest BCUT2D eigenvalue weighted by atomic mass is 9.91. The Kier molecular flexibility index (Phi) is 16.2. The van der Waals surface area contributed by atoms with Gasteiger partial charge in [-0.1, -0.05) is 78.2 Å². The minimum atomic E-state index is -1.18. The van der Waals surface area contributed by atoms with Crippen LogP contribution in [0.4, 0.5) is 0 Å². The minimum absolute atomic E-state index is 0.202. The fraction of sp³-hybridized carbons (Fsp3) is 0.880. The number of hydrogen-bond donors (Lipinski definition) is 3. The van der Waals surface area contributed by atoms with Crippen molar-refractivity contribution in [2.45, 2.75) is 92.4 Å². The second kappa shape index (κ2) is 16.7. The molecule has 5 heteroatoms. The summed E-state index contributed by atoms with van der Waals surface area (Å²) in [7, 11) is 0. The maximum Gasteiger partial charge on any atom is 0.330 e. The van der Waals surface area contributed by atoms with Crippen LogP contribution in [0.3, 0.4) is 0 Å². The summed E-state index contributed by atoms with van der Waals surface area (Å²) in [5.74, 6) is 1.85. The second-order valence-corrected chi connectivity index (χ2v) is 9.93. The van der Waals surface area contributed by atoms with E-state index in [4.69, 9.17) is 4.74 Å². The van der Waals surface area contributed by atoms with Crippen LogP contribution in [-0.2, 0) is 9.53 Å². The summed E-state index contributed by atoms with van der Waals surface area (Å²) in [6.45, 7) is 9.68. The van der Waals surface area contributed by atoms with Gasteiger partial charge in [-0.2, -0.15) is 0 Å². The van der Waals surface area contributed by atoms with E-state index in [0.717, 1.165) is 36.7 Å². The van der Waals surface area contributed by atoms with Crippen LogP contribution in [0, 0.1) is 23.2 Å².